The first-order valence-electron chi connectivity index (χ1n) is 16.7. The number of piperidine rings is 3. The third-order valence-corrected chi connectivity index (χ3v) is 10.4. The van der Waals surface area contributed by atoms with Gasteiger partial charge in [0, 0.05) is 29.2 Å². The number of benzene rings is 3. The van der Waals surface area contributed by atoms with Gasteiger partial charge in [-0.15, -0.1) is 0 Å². The minimum Gasteiger partial charge on any atom is -0.497 e. The van der Waals surface area contributed by atoms with Gasteiger partial charge in [0.05, 0.1) is 35.5 Å². The fraction of sp³-hybridized carbons (Fsp3) is 0.342. The zero-order valence-corrected chi connectivity index (χ0v) is 27.7. The first-order chi connectivity index (χ1) is 24.2. The normalized spacial score (nSPS) is 21.2. The van der Waals surface area contributed by atoms with Gasteiger partial charge >= 0.3 is 12.4 Å². The van der Waals surface area contributed by atoms with Crippen LogP contribution in [-0.2, 0) is 12.4 Å². The van der Waals surface area contributed by atoms with Gasteiger partial charge in [0.1, 0.15) is 17.1 Å². The molecular weight excluding hydrogens is 674 g/mol. The van der Waals surface area contributed by atoms with E-state index in [-0.39, 0.29) is 17.8 Å². The van der Waals surface area contributed by atoms with Crippen molar-refractivity contribution >= 4 is 28.0 Å². The molecule has 266 valence electrons. The molecule has 0 spiro atoms. The summed E-state index contributed by atoms with van der Waals surface area (Å²) in [6.45, 7) is 3.79. The van der Waals surface area contributed by atoms with Crippen LogP contribution in [0.2, 0.25) is 0 Å². The maximum atomic E-state index is 13.7. The van der Waals surface area contributed by atoms with Crippen molar-refractivity contribution < 1.29 is 31.1 Å². The van der Waals surface area contributed by atoms with Gasteiger partial charge in [0.15, 0.2) is 0 Å². The highest BCUT2D eigenvalue weighted by Crippen LogP contribution is 2.45. The molecule has 4 heterocycles. The van der Waals surface area contributed by atoms with Gasteiger partial charge in [-0.05, 0) is 79.3 Å². The highest BCUT2D eigenvalue weighted by Gasteiger charge is 2.44. The molecule has 3 saturated heterocycles. The van der Waals surface area contributed by atoms with Crippen molar-refractivity contribution in [2.24, 2.45) is 11.8 Å². The summed E-state index contributed by atoms with van der Waals surface area (Å²) in [4.78, 5) is 33.5. The van der Waals surface area contributed by atoms with E-state index in [1.807, 2.05) is 48.5 Å². The van der Waals surface area contributed by atoms with Crippen LogP contribution in [-0.4, -0.2) is 36.1 Å². The molecule has 0 saturated carbocycles. The molecule has 7 nitrogen and oxygen atoms in total. The van der Waals surface area contributed by atoms with Gasteiger partial charge < -0.3 is 15.4 Å². The van der Waals surface area contributed by atoms with E-state index in [4.69, 9.17) is 9.72 Å². The Bertz CT molecular complexity index is 2130. The largest absolute Gasteiger partial charge is 0.497 e. The van der Waals surface area contributed by atoms with E-state index in [9.17, 15) is 35.9 Å². The van der Waals surface area contributed by atoms with Crippen molar-refractivity contribution in [3.63, 3.8) is 0 Å². The van der Waals surface area contributed by atoms with Crippen molar-refractivity contribution in [1.29, 1.82) is 0 Å². The molecule has 3 unspecified atom stereocenters. The van der Waals surface area contributed by atoms with Gasteiger partial charge in [-0.2, -0.15) is 26.3 Å². The Hall–Kier alpha value is -4.91. The number of ether oxygens (including phenoxy) is 1. The molecule has 3 fully saturated rings. The van der Waals surface area contributed by atoms with Crippen LogP contribution in [0.1, 0.15) is 48.9 Å². The number of methoxy groups -OCH3 is 1. The topological polar surface area (TPSA) is 83.6 Å². The number of nitrogens with one attached hydrogen (secondary N) is 2. The van der Waals surface area contributed by atoms with Gasteiger partial charge in [-0.3, -0.25) is 14.5 Å². The van der Waals surface area contributed by atoms with Crippen molar-refractivity contribution in [3.05, 3.63) is 110 Å². The number of hydrogen-bond acceptors (Lipinski definition) is 7. The average Bonchev–Trinajstić information content (AvgIpc) is 3.13. The zero-order valence-electron chi connectivity index (χ0n) is 27.7. The lowest BCUT2D eigenvalue weighted by atomic mass is 9.72. The van der Waals surface area contributed by atoms with E-state index >= 15 is 0 Å². The molecule has 51 heavy (non-hydrogen) atoms. The third kappa shape index (κ3) is 6.55. The number of nitrogens with zero attached hydrogens (tertiary/aromatic N) is 2. The highest BCUT2D eigenvalue weighted by atomic mass is 19.4. The van der Waals surface area contributed by atoms with Gasteiger partial charge in [0.2, 0.25) is 0 Å². The van der Waals surface area contributed by atoms with Crippen LogP contribution in [0, 0.1) is 11.8 Å². The lowest BCUT2D eigenvalue weighted by molar-refractivity contribution is -0.143. The van der Waals surface area contributed by atoms with E-state index in [2.05, 4.69) is 22.5 Å². The fourth-order valence-electron chi connectivity index (χ4n) is 7.72. The van der Waals surface area contributed by atoms with E-state index < -0.39 is 51.8 Å². The van der Waals surface area contributed by atoms with Gasteiger partial charge in [0.25, 0.3) is 10.9 Å². The number of aromatic nitrogens is 1. The Morgan fingerprint density at radius 2 is 1.59 bits per heavy atom. The number of pyridine rings is 1. The molecule has 2 N–H and O–H groups in total. The predicted molar refractivity (Wildman–Crippen MR) is 183 cm³/mol. The Morgan fingerprint density at radius 1 is 0.902 bits per heavy atom. The molecule has 2 bridgehead atoms. The van der Waals surface area contributed by atoms with E-state index in [1.54, 1.807) is 13.2 Å². The summed E-state index contributed by atoms with van der Waals surface area (Å²) in [7, 11) is 1.54. The van der Waals surface area contributed by atoms with Crippen LogP contribution < -0.4 is 26.2 Å². The second-order valence-electron chi connectivity index (χ2n) is 13.3. The summed E-state index contributed by atoms with van der Waals surface area (Å²) in [5.74, 6) is 1.45. The number of fused-ring (bicyclic) bond motifs is 4. The van der Waals surface area contributed by atoms with Crippen LogP contribution in [0.15, 0.2) is 82.4 Å². The number of anilines is 3. The molecule has 13 heteroatoms. The predicted octanol–water partition coefficient (Wildman–Crippen LogP) is 8.56. The number of alkyl halides is 6. The molecule has 5 aromatic rings. The summed E-state index contributed by atoms with van der Waals surface area (Å²) in [6.07, 6.45) is -7.41. The van der Waals surface area contributed by atoms with E-state index in [0.717, 1.165) is 48.9 Å². The standard InChI is InChI=1S/C38H34F6N4O3/c1-3-20-19-48-12-11-22(20)13-31(48)32(28-18-30(21-7-5-4-6-8-21)46-29-10-9-26(51-2)17-27(28)29)47-34-33(35(49)36(34)50)45-25-15-23(37(39,40)41)14-24(16-25)38(42,43)44/h4-10,14-18,20,22,31-32,45,47H,3,11-13,19H2,1-2H3/t20?,22?,31-,32-/m0/s1. The van der Waals surface area contributed by atoms with E-state index in [1.165, 1.54) is 0 Å². The van der Waals surface area contributed by atoms with Crippen molar-refractivity contribution in [2.75, 3.05) is 30.8 Å². The van der Waals surface area contributed by atoms with Gasteiger partial charge in [-0.25, -0.2) is 4.98 Å². The number of rotatable bonds is 9. The maximum Gasteiger partial charge on any atom is 0.416 e. The van der Waals surface area contributed by atoms with E-state index in [0.29, 0.717) is 40.9 Å². The molecule has 0 radical (unpaired) electrons. The smallest absolute Gasteiger partial charge is 0.416 e. The molecule has 3 aliphatic rings. The first kappa shape index (κ1) is 34.5. The van der Waals surface area contributed by atoms with Crippen LogP contribution in [0.4, 0.5) is 43.4 Å². The van der Waals surface area contributed by atoms with Crippen LogP contribution >= 0.6 is 0 Å². The molecule has 1 aromatic heterocycles. The minimum atomic E-state index is -5.09. The van der Waals surface area contributed by atoms with Crippen molar-refractivity contribution in [3.8, 4) is 17.0 Å². The molecule has 8 rings (SSSR count). The molecule has 0 aliphatic carbocycles. The summed E-state index contributed by atoms with van der Waals surface area (Å²) in [5, 5.41) is 6.46. The monoisotopic (exact) mass is 708 g/mol. The number of hydrogen-bond donors (Lipinski definition) is 2. The lowest BCUT2D eigenvalue weighted by Gasteiger charge is -2.52. The lowest BCUT2D eigenvalue weighted by Crippen LogP contribution is -2.56. The second-order valence-corrected chi connectivity index (χ2v) is 13.3. The van der Waals surface area contributed by atoms with Crippen LogP contribution in [0.3, 0.4) is 0 Å². The fourth-order valence-corrected chi connectivity index (χ4v) is 7.72. The Kier molecular flexibility index (Phi) is 8.81. The molecular formula is C38H34F6N4O3. The minimum absolute atomic E-state index is 0.00572. The maximum absolute atomic E-state index is 13.7. The van der Waals surface area contributed by atoms with Crippen molar-refractivity contribution in [1.82, 2.24) is 9.88 Å². The molecule has 3 aliphatic heterocycles. The second kappa shape index (κ2) is 13.0. The van der Waals surface area contributed by atoms with Crippen LogP contribution in [0.25, 0.3) is 22.2 Å². The summed E-state index contributed by atoms with van der Waals surface area (Å²) in [5.41, 5.74) is -3.41. The van der Waals surface area contributed by atoms with Crippen molar-refractivity contribution in [2.45, 2.75) is 50.6 Å². The third-order valence-electron chi connectivity index (χ3n) is 10.4. The molecule has 5 atom stereocenters. The SMILES string of the molecule is CCC1CN2CCC1C[C@H]2[C@@H](Nc1c(Nc2cc(C(F)(F)F)cc(C(F)(F)F)c2)c(=O)c1=O)c1cc(-c2ccccc2)nc2ccc(OC)cc12. The number of halogens is 6. The summed E-state index contributed by atoms with van der Waals surface area (Å²) >= 11 is 0. The summed E-state index contributed by atoms with van der Waals surface area (Å²) in [6, 6.07) is 17.1. The Labute approximate surface area is 289 Å². The summed E-state index contributed by atoms with van der Waals surface area (Å²) < 4.78 is 87.5. The molecule has 4 aromatic carbocycles. The van der Waals surface area contributed by atoms with Gasteiger partial charge in [-0.1, -0.05) is 43.7 Å². The average molecular weight is 709 g/mol. The van der Waals surface area contributed by atoms with Crippen LogP contribution in [0.5, 0.6) is 5.75 Å². The Morgan fingerprint density at radius 3 is 2.20 bits per heavy atom. The first-order valence-corrected chi connectivity index (χ1v) is 16.7. The quantitative estimate of drug-likeness (QED) is 0.117. The molecule has 0 amide bonds. The zero-order chi connectivity index (χ0) is 36.2. The Balaban J connectivity index is 1.37. The highest BCUT2D eigenvalue weighted by molar-refractivity contribution is 5.88.